The van der Waals surface area contributed by atoms with Gasteiger partial charge in [-0.15, -0.1) is 0 Å². The average Bonchev–Trinajstić information content (AvgIpc) is 3.29. The molecule has 0 aromatic heterocycles. The predicted octanol–water partition coefficient (Wildman–Crippen LogP) is 4.07. The van der Waals surface area contributed by atoms with Gasteiger partial charge >= 0.3 is 0 Å². The van der Waals surface area contributed by atoms with Gasteiger partial charge in [0.1, 0.15) is 23.7 Å². The van der Waals surface area contributed by atoms with E-state index in [4.69, 9.17) is 0 Å². The molecular formula is C25H25F2N5. The Labute approximate surface area is 186 Å². The van der Waals surface area contributed by atoms with Crippen LogP contribution < -0.4 is 0 Å². The molecule has 7 heteroatoms. The number of nitrogens with zero attached hydrogens (tertiary/aromatic N) is 5. The largest absolute Gasteiger partial charge is 0.351 e. The number of halogens is 2. The molecule has 0 atom stereocenters. The van der Waals surface area contributed by atoms with E-state index in [1.807, 2.05) is 42.7 Å². The second kappa shape index (κ2) is 9.14. The fourth-order valence-corrected chi connectivity index (χ4v) is 4.43. The average molecular weight is 434 g/mol. The van der Waals surface area contributed by atoms with Crippen molar-refractivity contribution < 1.29 is 8.78 Å². The van der Waals surface area contributed by atoms with Crippen LogP contribution in [0.1, 0.15) is 17.2 Å². The molecule has 2 aromatic carbocycles. The Hall–Kier alpha value is -3.16. The minimum Gasteiger partial charge on any atom is -0.351 e. The molecule has 1 saturated heterocycles. The number of rotatable bonds is 6. The van der Waals surface area contributed by atoms with Crippen LogP contribution in [0.3, 0.4) is 0 Å². The van der Waals surface area contributed by atoms with Gasteiger partial charge in [-0.05, 0) is 41.5 Å². The SMILES string of the molecule is Fc1ccc(C(c2ccc(F)cc2)N2CCN(CCn3ccc4ncnc-4c3)CC2)cc1. The van der Waals surface area contributed by atoms with E-state index in [1.165, 1.54) is 24.3 Å². The highest BCUT2D eigenvalue weighted by Gasteiger charge is 2.26. The molecule has 164 valence electrons. The van der Waals surface area contributed by atoms with Crippen molar-refractivity contribution in [3.63, 3.8) is 0 Å². The lowest BCUT2D eigenvalue weighted by atomic mass is 9.96. The summed E-state index contributed by atoms with van der Waals surface area (Å²) in [6.45, 7) is 5.50. The summed E-state index contributed by atoms with van der Waals surface area (Å²) in [7, 11) is 0. The lowest BCUT2D eigenvalue weighted by Gasteiger charge is -2.40. The molecule has 1 fully saturated rings. The summed E-state index contributed by atoms with van der Waals surface area (Å²) in [5.74, 6) is -0.500. The number of pyridine rings is 1. The predicted molar refractivity (Wildman–Crippen MR) is 119 cm³/mol. The number of piperazine rings is 1. The lowest BCUT2D eigenvalue weighted by molar-refractivity contribution is 0.107. The molecule has 2 aromatic rings. The highest BCUT2D eigenvalue weighted by Crippen LogP contribution is 2.30. The van der Waals surface area contributed by atoms with Crippen LogP contribution in [0.15, 0.2) is 73.3 Å². The Morgan fingerprint density at radius 3 is 1.94 bits per heavy atom. The first-order chi connectivity index (χ1) is 15.7. The van der Waals surface area contributed by atoms with Crippen molar-refractivity contribution in [3.05, 3.63) is 96.1 Å². The zero-order valence-electron chi connectivity index (χ0n) is 17.7. The van der Waals surface area contributed by atoms with Crippen molar-refractivity contribution in [2.75, 3.05) is 32.7 Å². The lowest BCUT2D eigenvalue weighted by Crippen LogP contribution is -2.48. The molecule has 5 nitrogen and oxygen atoms in total. The molecule has 0 spiro atoms. The maximum absolute atomic E-state index is 13.5. The first-order valence-electron chi connectivity index (χ1n) is 10.9. The van der Waals surface area contributed by atoms with E-state index in [-0.39, 0.29) is 17.7 Å². The van der Waals surface area contributed by atoms with Crippen LogP contribution in [0.25, 0.3) is 11.4 Å². The second-order valence-electron chi connectivity index (χ2n) is 8.21. The summed E-state index contributed by atoms with van der Waals surface area (Å²) in [4.78, 5) is 13.3. The second-order valence-corrected chi connectivity index (χ2v) is 8.21. The molecule has 3 heterocycles. The molecule has 0 saturated carbocycles. The van der Waals surface area contributed by atoms with Crippen molar-refractivity contribution in [2.45, 2.75) is 12.6 Å². The van der Waals surface area contributed by atoms with Crippen molar-refractivity contribution in [1.29, 1.82) is 0 Å². The standard InChI is InChI=1S/C25H25F2N5/c26-21-5-1-19(2-6-21)25(20-3-7-22(27)8-4-20)32-15-13-30(14-16-32)11-12-31-10-9-23-24(17-31)29-18-28-23/h1-10,17-18,25H,11-16H2. The van der Waals surface area contributed by atoms with Gasteiger partial charge in [-0.25, -0.2) is 18.7 Å². The summed E-state index contributed by atoms with van der Waals surface area (Å²) < 4.78 is 29.2. The Morgan fingerprint density at radius 1 is 0.719 bits per heavy atom. The molecule has 0 radical (unpaired) electrons. The van der Waals surface area contributed by atoms with Gasteiger partial charge in [0.15, 0.2) is 0 Å². The zero-order chi connectivity index (χ0) is 21.9. The van der Waals surface area contributed by atoms with Crippen molar-refractivity contribution in [3.8, 4) is 11.4 Å². The van der Waals surface area contributed by atoms with Crippen LogP contribution in [-0.4, -0.2) is 57.1 Å². The fraction of sp³-hybridized carbons (Fsp3) is 0.280. The maximum atomic E-state index is 13.5. The van der Waals surface area contributed by atoms with E-state index in [1.54, 1.807) is 6.33 Å². The highest BCUT2D eigenvalue weighted by atomic mass is 19.1. The quantitative estimate of drug-likeness (QED) is 0.460. The molecule has 32 heavy (non-hydrogen) atoms. The summed E-state index contributed by atoms with van der Waals surface area (Å²) in [6, 6.07) is 15.3. The van der Waals surface area contributed by atoms with Crippen molar-refractivity contribution in [2.24, 2.45) is 0 Å². The van der Waals surface area contributed by atoms with Crippen LogP contribution in [-0.2, 0) is 6.54 Å². The Morgan fingerprint density at radius 2 is 1.31 bits per heavy atom. The third-order valence-electron chi connectivity index (χ3n) is 6.19. The van der Waals surface area contributed by atoms with Crippen molar-refractivity contribution >= 4 is 0 Å². The van der Waals surface area contributed by atoms with Crippen molar-refractivity contribution in [1.82, 2.24) is 24.3 Å². The smallest absolute Gasteiger partial charge is 0.123 e. The Kier molecular flexibility index (Phi) is 5.92. The van der Waals surface area contributed by atoms with E-state index in [0.29, 0.717) is 0 Å². The molecule has 0 bridgehead atoms. The number of aromatic nitrogens is 3. The number of benzene rings is 2. The monoisotopic (exact) mass is 433 g/mol. The van der Waals surface area contributed by atoms with Crippen LogP contribution >= 0.6 is 0 Å². The molecule has 0 unspecified atom stereocenters. The van der Waals surface area contributed by atoms with Gasteiger partial charge < -0.3 is 4.57 Å². The van der Waals surface area contributed by atoms with Crippen LogP contribution in [0.2, 0.25) is 0 Å². The van der Waals surface area contributed by atoms with Gasteiger partial charge in [0.25, 0.3) is 0 Å². The molecule has 0 N–H and O–H groups in total. The maximum Gasteiger partial charge on any atom is 0.123 e. The van der Waals surface area contributed by atoms with Gasteiger partial charge in [-0.1, -0.05) is 24.3 Å². The van der Waals surface area contributed by atoms with Gasteiger partial charge in [0, 0.05) is 51.7 Å². The molecule has 0 amide bonds. The van der Waals surface area contributed by atoms with E-state index in [0.717, 1.165) is 61.8 Å². The van der Waals surface area contributed by atoms with Crippen LogP contribution in [0.5, 0.6) is 0 Å². The minimum atomic E-state index is -0.250. The minimum absolute atomic E-state index is 0.0222. The Bertz CT molecular complexity index is 1070. The first kappa shape index (κ1) is 20.7. The van der Waals surface area contributed by atoms with Gasteiger partial charge in [-0.3, -0.25) is 9.80 Å². The fourth-order valence-electron chi connectivity index (χ4n) is 4.43. The zero-order valence-corrected chi connectivity index (χ0v) is 17.7. The van der Waals surface area contributed by atoms with E-state index >= 15 is 0 Å². The van der Waals surface area contributed by atoms with Crippen LogP contribution in [0, 0.1) is 11.6 Å². The summed E-state index contributed by atoms with van der Waals surface area (Å²) in [6.07, 6.45) is 5.68. The van der Waals surface area contributed by atoms with E-state index < -0.39 is 0 Å². The molecule has 0 aliphatic carbocycles. The van der Waals surface area contributed by atoms with Gasteiger partial charge in [-0.2, -0.15) is 0 Å². The number of hydrogen-bond acceptors (Lipinski definition) is 4. The molecule has 3 aliphatic heterocycles. The van der Waals surface area contributed by atoms with Gasteiger partial charge in [0.05, 0.1) is 11.7 Å². The van der Waals surface area contributed by atoms with E-state index in [2.05, 4.69) is 24.3 Å². The number of fused-ring (bicyclic) bond motifs is 1. The number of imidazole rings is 1. The van der Waals surface area contributed by atoms with Gasteiger partial charge in [0.2, 0.25) is 0 Å². The summed E-state index contributed by atoms with van der Waals surface area (Å²) >= 11 is 0. The number of hydrogen-bond donors (Lipinski definition) is 0. The third-order valence-corrected chi connectivity index (χ3v) is 6.19. The molecular weight excluding hydrogens is 408 g/mol. The summed E-state index contributed by atoms with van der Waals surface area (Å²) in [5.41, 5.74) is 3.87. The molecule has 5 rings (SSSR count). The highest BCUT2D eigenvalue weighted by molar-refractivity contribution is 5.53. The Balaban J connectivity index is 1.25. The van der Waals surface area contributed by atoms with Crippen LogP contribution in [0.4, 0.5) is 8.78 Å². The topological polar surface area (TPSA) is 37.2 Å². The normalized spacial score (nSPS) is 15.6. The third kappa shape index (κ3) is 4.54. The molecule has 3 aliphatic rings. The summed E-state index contributed by atoms with van der Waals surface area (Å²) in [5, 5.41) is 0. The van der Waals surface area contributed by atoms with E-state index in [9.17, 15) is 8.78 Å². The first-order valence-corrected chi connectivity index (χ1v) is 10.9.